The van der Waals surface area contributed by atoms with E-state index in [4.69, 9.17) is 15.2 Å². The summed E-state index contributed by atoms with van der Waals surface area (Å²) in [6.45, 7) is 1.16. The number of benzene rings is 2. The van der Waals surface area contributed by atoms with Crippen molar-refractivity contribution in [1.82, 2.24) is 0 Å². The van der Waals surface area contributed by atoms with Gasteiger partial charge in [0.05, 0.1) is 6.61 Å². The van der Waals surface area contributed by atoms with E-state index in [0.29, 0.717) is 6.54 Å². The van der Waals surface area contributed by atoms with Crippen molar-refractivity contribution in [3.05, 3.63) is 64.1 Å². The van der Waals surface area contributed by atoms with Crippen LogP contribution >= 0.6 is 15.9 Å². The predicted octanol–water partition coefficient (Wildman–Crippen LogP) is 3.72. The van der Waals surface area contributed by atoms with E-state index in [1.54, 1.807) is 7.11 Å². The first-order valence-corrected chi connectivity index (χ1v) is 7.72. The smallest absolute Gasteiger partial charge is 0.136 e. The molecule has 2 rings (SSSR count). The van der Waals surface area contributed by atoms with Crippen LogP contribution in [-0.2, 0) is 11.2 Å². The minimum absolute atomic E-state index is 0.136. The topological polar surface area (TPSA) is 44.5 Å². The molecular formula is C17H20BrNO2. The second-order valence-corrected chi connectivity index (χ2v) is 5.70. The predicted molar refractivity (Wildman–Crippen MR) is 88.6 cm³/mol. The summed E-state index contributed by atoms with van der Waals surface area (Å²) in [5.41, 5.74) is 8.14. The lowest BCUT2D eigenvalue weighted by Gasteiger charge is -2.18. The molecule has 0 spiro atoms. The van der Waals surface area contributed by atoms with Gasteiger partial charge >= 0.3 is 0 Å². The second-order valence-electron chi connectivity index (χ2n) is 4.78. The number of hydrogen-bond acceptors (Lipinski definition) is 3. The molecule has 0 saturated heterocycles. The Kier molecular flexibility index (Phi) is 6.23. The minimum Gasteiger partial charge on any atom is -0.484 e. The SMILES string of the molecule is COCCc1ccc(OC(CN)c2ccc(Br)cc2)cc1. The third-order valence-corrected chi connectivity index (χ3v) is 3.78. The maximum atomic E-state index is 5.98. The van der Waals surface area contributed by atoms with Crippen molar-refractivity contribution in [3.63, 3.8) is 0 Å². The van der Waals surface area contributed by atoms with Gasteiger partial charge in [0.1, 0.15) is 11.9 Å². The number of halogens is 1. The van der Waals surface area contributed by atoms with Crippen molar-refractivity contribution in [2.75, 3.05) is 20.3 Å². The minimum atomic E-state index is -0.136. The summed E-state index contributed by atoms with van der Waals surface area (Å²) in [5, 5.41) is 0. The highest BCUT2D eigenvalue weighted by molar-refractivity contribution is 9.10. The van der Waals surface area contributed by atoms with E-state index < -0.39 is 0 Å². The molecule has 0 fully saturated rings. The summed E-state index contributed by atoms with van der Waals surface area (Å²) >= 11 is 3.43. The Labute approximate surface area is 134 Å². The van der Waals surface area contributed by atoms with Crippen LogP contribution in [0, 0.1) is 0 Å². The zero-order chi connectivity index (χ0) is 15.1. The first-order valence-electron chi connectivity index (χ1n) is 6.93. The molecule has 0 amide bonds. The van der Waals surface area contributed by atoms with Gasteiger partial charge in [-0.15, -0.1) is 0 Å². The number of methoxy groups -OCH3 is 1. The molecule has 0 aliphatic rings. The maximum absolute atomic E-state index is 5.98. The van der Waals surface area contributed by atoms with Crippen molar-refractivity contribution in [3.8, 4) is 5.75 Å². The van der Waals surface area contributed by atoms with Crippen LogP contribution in [0.4, 0.5) is 0 Å². The van der Waals surface area contributed by atoms with Gasteiger partial charge in [-0.05, 0) is 41.8 Å². The van der Waals surface area contributed by atoms with E-state index in [1.165, 1.54) is 5.56 Å². The van der Waals surface area contributed by atoms with Crippen LogP contribution in [0.3, 0.4) is 0 Å². The van der Waals surface area contributed by atoms with Gasteiger partial charge in [-0.1, -0.05) is 40.2 Å². The van der Waals surface area contributed by atoms with Crippen LogP contribution in [0.25, 0.3) is 0 Å². The van der Waals surface area contributed by atoms with Gasteiger partial charge in [-0.25, -0.2) is 0 Å². The van der Waals surface area contributed by atoms with Gasteiger partial charge in [-0.3, -0.25) is 0 Å². The molecule has 0 aliphatic heterocycles. The molecule has 0 aromatic heterocycles. The highest BCUT2D eigenvalue weighted by Gasteiger charge is 2.11. The third-order valence-electron chi connectivity index (χ3n) is 3.25. The van der Waals surface area contributed by atoms with Gasteiger partial charge < -0.3 is 15.2 Å². The number of rotatable bonds is 7. The average Bonchev–Trinajstić information content (AvgIpc) is 2.53. The monoisotopic (exact) mass is 349 g/mol. The summed E-state index contributed by atoms with van der Waals surface area (Å²) in [4.78, 5) is 0. The molecule has 0 heterocycles. The third kappa shape index (κ3) is 4.84. The summed E-state index contributed by atoms with van der Waals surface area (Å²) < 4.78 is 12.1. The fourth-order valence-electron chi connectivity index (χ4n) is 2.05. The number of ether oxygens (including phenoxy) is 2. The quantitative estimate of drug-likeness (QED) is 0.828. The largest absolute Gasteiger partial charge is 0.484 e. The fraction of sp³-hybridized carbons (Fsp3) is 0.294. The Morgan fingerprint density at radius 3 is 2.29 bits per heavy atom. The molecule has 1 unspecified atom stereocenters. The highest BCUT2D eigenvalue weighted by atomic mass is 79.9. The summed E-state index contributed by atoms with van der Waals surface area (Å²) in [7, 11) is 1.71. The maximum Gasteiger partial charge on any atom is 0.136 e. The Morgan fingerprint density at radius 2 is 1.71 bits per heavy atom. The van der Waals surface area contributed by atoms with Crippen molar-refractivity contribution < 1.29 is 9.47 Å². The van der Waals surface area contributed by atoms with Gasteiger partial charge in [-0.2, -0.15) is 0 Å². The van der Waals surface area contributed by atoms with Gasteiger partial charge in [0.2, 0.25) is 0 Å². The average molecular weight is 350 g/mol. The Morgan fingerprint density at radius 1 is 1.05 bits per heavy atom. The molecular weight excluding hydrogens is 330 g/mol. The van der Waals surface area contributed by atoms with E-state index in [0.717, 1.165) is 28.8 Å². The normalized spacial score (nSPS) is 12.1. The van der Waals surface area contributed by atoms with Gasteiger partial charge in [0.25, 0.3) is 0 Å². The fourth-order valence-corrected chi connectivity index (χ4v) is 2.31. The molecule has 0 radical (unpaired) electrons. The van der Waals surface area contributed by atoms with E-state index in [-0.39, 0.29) is 6.10 Å². The first kappa shape index (κ1) is 16.0. The number of hydrogen-bond donors (Lipinski definition) is 1. The zero-order valence-corrected chi connectivity index (χ0v) is 13.7. The standard InChI is InChI=1S/C17H20BrNO2/c1-20-11-10-13-2-8-16(9-3-13)21-17(12-19)14-4-6-15(18)7-5-14/h2-9,17H,10-12,19H2,1H3. The van der Waals surface area contributed by atoms with Crippen LogP contribution < -0.4 is 10.5 Å². The zero-order valence-electron chi connectivity index (χ0n) is 12.1. The molecule has 0 bridgehead atoms. The number of nitrogens with two attached hydrogens (primary N) is 1. The lowest BCUT2D eigenvalue weighted by molar-refractivity contribution is 0.202. The Bertz CT molecular complexity index is 540. The van der Waals surface area contributed by atoms with Crippen LogP contribution in [0.1, 0.15) is 17.2 Å². The summed E-state index contributed by atoms with van der Waals surface area (Å²) in [6.07, 6.45) is 0.770. The van der Waals surface area contributed by atoms with E-state index in [1.807, 2.05) is 36.4 Å². The molecule has 0 saturated carbocycles. The molecule has 2 aromatic rings. The van der Waals surface area contributed by atoms with Crippen LogP contribution in [0.15, 0.2) is 53.0 Å². The van der Waals surface area contributed by atoms with Gasteiger partial charge in [0.15, 0.2) is 0 Å². The van der Waals surface area contributed by atoms with Crippen LogP contribution in [-0.4, -0.2) is 20.3 Å². The van der Waals surface area contributed by atoms with Crippen LogP contribution in [0.2, 0.25) is 0 Å². The molecule has 2 aromatic carbocycles. The van der Waals surface area contributed by atoms with Gasteiger partial charge in [0, 0.05) is 18.1 Å². The molecule has 0 aliphatic carbocycles. The first-order chi connectivity index (χ1) is 10.2. The Hall–Kier alpha value is -1.36. The summed E-state index contributed by atoms with van der Waals surface area (Å²) in [6, 6.07) is 16.1. The molecule has 1 atom stereocenters. The highest BCUT2D eigenvalue weighted by Crippen LogP contribution is 2.23. The van der Waals surface area contributed by atoms with E-state index in [9.17, 15) is 0 Å². The van der Waals surface area contributed by atoms with E-state index in [2.05, 4.69) is 28.1 Å². The van der Waals surface area contributed by atoms with Crippen LogP contribution in [0.5, 0.6) is 5.75 Å². The molecule has 2 N–H and O–H groups in total. The van der Waals surface area contributed by atoms with Crippen molar-refractivity contribution >= 4 is 15.9 Å². The van der Waals surface area contributed by atoms with E-state index >= 15 is 0 Å². The molecule has 112 valence electrons. The van der Waals surface area contributed by atoms with Crippen molar-refractivity contribution in [2.45, 2.75) is 12.5 Å². The Balaban J connectivity index is 2.02. The second kappa shape index (κ2) is 8.17. The summed E-state index contributed by atoms with van der Waals surface area (Å²) in [5.74, 6) is 0.828. The lowest BCUT2D eigenvalue weighted by Crippen LogP contribution is -2.18. The lowest BCUT2D eigenvalue weighted by atomic mass is 10.1. The molecule has 4 heteroatoms. The van der Waals surface area contributed by atoms with Crippen molar-refractivity contribution in [1.29, 1.82) is 0 Å². The molecule has 21 heavy (non-hydrogen) atoms. The van der Waals surface area contributed by atoms with Crippen molar-refractivity contribution in [2.24, 2.45) is 5.73 Å². The molecule has 3 nitrogen and oxygen atoms in total.